The van der Waals surface area contributed by atoms with Crippen molar-refractivity contribution in [3.05, 3.63) is 30.6 Å². The summed E-state index contributed by atoms with van der Waals surface area (Å²) in [6, 6.07) is 6.27. The molecule has 1 aromatic heterocycles. The number of aliphatic hydroxyl groups excluding tert-OH is 4. The minimum absolute atomic E-state index is 0.409. The normalized spacial score (nSPS) is 32.1. The Morgan fingerprint density at radius 1 is 1.09 bits per heavy atom. The van der Waals surface area contributed by atoms with Crippen LogP contribution in [0.5, 0.6) is 0 Å². The number of hydrogen-bond donors (Lipinski definition) is 5. The number of para-hydroxylation sites is 1. The smallest absolute Gasteiger partial charge is 0.178 e. The van der Waals surface area contributed by atoms with Gasteiger partial charge in [0.15, 0.2) is 6.29 Å². The summed E-state index contributed by atoms with van der Waals surface area (Å²) < 4.78 is 5.10. The van der Waals surface area contributed by atoms with E-state index in [2.05, 4.69) is 15.3 Å². The fourth-order valence-corrected chi connectivity index (χ4v) is 2.53. The zero-order chi connectivity index (χ0) is 15.7. The molecule has 1 aromatic carbocycles. The Morgan fingerprint density at radius 2 is 1.86 bits per heavy atom. The Labute approximate surface area is 126 Å². The third-order valence-corrected chi connectivity index (χ3v) is 3.75. The van der Waals surface area contributed by atoms with E-state index in [9.17, 15) is 15.3 Å². The first-order valence-electron chi connectivity index (χ1n) is 6.88. The molecule has 5 N–H and O–H groups in total. The summed E-state index contributed by atoms with van der Waals surface area (Å²) in [5.74, 6) is 0.409. The summed E-state index contributed by atoms with van der Waals surface area (Å²) in [6.07, 6.45) is -3.72. The average molecular weight is 307 g/mol. The highest BCUT2D eigenvalue weighted by Gasteiger charge is 2.43. The van der Waals surface area contributed by atoms with Crippen LogP contribution in [0.15, 0.2) is 30.6 Å². The van der Waals surface area contributed by atoms with Crippen molar-refractivity contribution in [2.75, 3.05) is 11.9 Å². The summed E-state index contributed by atoms with van der Waals surface area (Å²) in [4.78, 5) is 8.23. The molecule has 2 aromatic rings. The van der Waals surface area contributed by atoms with E-state index >= 15 is 0 Å². The van der Waals surface area contributed by atoms with Crippen LogP contribution in [0.1, 0.15) is 0 Å². The number of fused-ring (bicyclic) bond motifs is 1. The van der Waals surface area contributed by atoms with Gasteiger partial charge in [-0.15, -0.1) is 0 Å². The Hall–Kier alpha value is -1.84. The number of hydrogen-bond acceptors (Lipinski definition) is 8. The lowest BCUT2D eigenvalue weighted by molar-refractivity contribution is -0.245. The summed E-state index contributed by atoms with van der Waals surface area (Å²) in [6.45, 7) is -0.502. The maximum atomic E-state index is 10.1. The maximum absolute atomic E-state index is 10.1. The molecule has 1 saturated heterocycles. The molecular formula is C14H17N3O5. The lowest BCUT2D eigenvalue weighted by Crippen LogP contribution is -2.61. The van der Waals surface area contributed by atoms with Crippen molar-refractivity contribution < 1.29 is 25.2 Å². The lowest BCUT2D eigenvalue weighted by atomic mass is 9.97. The molecule has 3 rings (SSSR count). The van der Waals surface area contributed by atoms with Crippen molar-refractivity contribution in [2.45, 2.75) is 30.6 Å². The second-order valence-electron chi connectivity index (χ2n) is 5.14. The second-order valence-corrected chi connectivity index (χ2v) is 5.14. The largest absolute Gasteiger partial charge is 0.394 e. The molecule has 0 saturated carbocycles. The van der Waals surface area contributed by atoms with Gasteiger partial charge in [-0.1, -0.05) is 12.1 Å². The van der Waals surface area contributed by atoms with Gasteiger partial charge in [-0.05, 0) is 12.1 Å². The summed E-state index contributed by atoms with van der Waals surface area (Å²) >= 11 is 0. The molecule has 1 aliphatic heterocycles. The van der Waals surface area contributed by atoms with Gasteiger partial charge in [0.25, 0.3) is 0 Å². The third-order valence-electron chi connectivity index (χ3n) is 3.75. The Bertz CT molecular complexity index is 650. The number of aliphatic hydroxyl groups is 4. The molecule has 0 aliphatic carbocycles. The van der Waals surface area contributed by atoms with Gasteiger partial charge < -0.3 is 30.5 Å². The van der Waals surface area contributed by atoms with E-state index in [1.807, 2.05) is 18.2 Å². The van der Waals surface area contributed by atoms with Crippen LogP contribution in [0.2, 0.25) is 0 Å². The third kappa shape index (κ3) is 2.62. The van der Waals surface area contributed by atoms with Crippen molar-refractivity contribution >= 4 is 16.7 Å². The van der Waals surface area contributed by atoms with Gasteiger partial charge in [0, 0.05) is 5.39 Å². The average Bonchev–Trinajstić information content (AvgIpc) is 2.55. The van der Waals surface area contributed by atoms with Crippen molar-refractivity contribution in [3.63, 3.8) is 0 Å². The number of rotatable bonds is 3. The number of nitrogens with zero attached hydrogens (tertiary/aromatic N) is 2. The highest BCUT2D eigenvalue weighted by Crippen LogP contribution is 2.25. The molecule has 0 amide bonds. The lowest BCUT2D eigenvalue weighted by Gasteiger charge is -2.40. The van der Waals surface area contributed by atoms with Gasteiger partial charge in [-0.2, -0.15) is 0 Å². The number of benzene rings is 1. The number of anilines is 1. The zero-order valence-electron chi connectivity index (χ0n) is 11.6. The van der Waals surface area contributed by atoms with Crippen LogP contribution in [0.3, 0.4) is 0 Å². The standard InChI is InChI=1S/C14H17N3O5/c18-5-9-11(19)12(20)10(14(21)22-9)17-13-7-3-1-2-4-8(7)15-6-16-13/h1-4,6,9-12,14,18-21H,5H2,(H,15,16,17)/t9-,10?,11?,12-,14?/m1/s1. The van der Waals surface area contributed by atoms with E-state index in [4.69, 9.17) is 9.84 Å². The van der Waals surface area contributed by atoms with Gasteiger partial charge >= 0.3 is 0 Å². The minimum Gasteiger partial charge on any atom is -0.394 e. The van der Waals surface area contributed by atoms with Crippen LogP contribution < -0.4 is 5.32 Å². The highest BCUT2D eigenvalue weighted by atomic mass is 16.6. The Morgan fingerprint density at radius 3 is 2.64 bits per heavy atom. The molecular weight excluding hydrogens is 290 g/mol. The monoisotopic (exact) mass is 307 g/mol. The SMILES string of the molecule is OC[C@H]1OC(O)C(Nc2ncnc3ccccc23)[C@@H](O)C1O. The molecule has 1 aliphatic rings. The first-order chi connectivity index (χ1) is 10.6. The molecule has 22 heavy (non-hydrogen) atoms. The Balaban J connectivity index is 1.88. The van der Waals surface area contributed by atoms with Crippen LogP contribution >= 0.6 is 0 Å². The van der Waals surface area contributed by atoms with Crippen molar-refractivity contribution in [2.24, 2.45) is 0 Å². The van der Waals surface area contributed by atoms with E-state index in [-0.39, 0.29) is 0 Å². The molecule has 3 unspecified atom stereocenters. The predicted molar refractivity (Wildman–Crippen MR) is 76.9 cm³/mol. The van der Waals surface area contributed by atoms with E-state index in [0.29, 0.717) is 16.7 Å². The molecule has 2 heterocycles. The van der Waals surface area contributed by atoms with Crippen molar-refractivity contribution in [3.8, 4) is 0 Å². The second kappa shape index (κ2) is 6.11. The van der Waals surface area contributed by atoms with E-state index < -0.39 is 37.3 Å². The van der Waals surface area contributed by atoms with E-state index in [1.54, 1.807) is 6.07 Å². The molecule has 8 heteroatoms. The van der Waals surface area contributed by atoms with E-state index in [0.717, 1.165) is 0 Å². The van der Waals surface area contributed by atoms with Gasteiger partial charge in [0.2, 0.25) is 0 Å². The van der Waals surface area contributed by atoms with Gasteiger partial charge in [0.05, 0.1) is 12.1 Å². The predicted octanol–water partition coefficient (Wildman–Crippen LogP) is -1.16. The summed E-state index contributed by atoms with van der Waals surface area (Å²) in [7, 11) is 0. The minimum atomic E-state index is -1.40. The molecule has 118 valence electrons. The fraction of sp³-hybridized carbons (Fsp3) is 0.429. The van der Waals surface area contributed by atoms with Crippen LogP contribution in [-0.2, 0) is 4.74 Å². The van der Waals surface area contributed by atoms with Crippen LogP contribution in [0.4, 0.5) is 5.82 Å². The van der Waals surface area contributed by atoms with E-state index in [1.165, 1.54) is 6.33 Å². The summed E-state index contributed by atoms with van der Waals surface area (Å²) in [5.41, 5.74) is 0.703. The zero-order valence-corrected chi connectivity index (χ0v) is 11.6. The molecule has 0 spiro atoms. The first-order valence-corrected chi connectivity index (χ1v) is 6.88. The number of ether oxygens (including phenoxy) is 1. The molecule has 0 radical (unpaired) electrons. The molecule has 8 nitrogen and oxygen atoms in total. The number of aromatic nitrogens is 2. The van der Waals surface area contributed by atoms with Crippen molar-refractivity contribution in [1.29, 1.82) is 0 Å². The fourth-order valence-electron chi connectivity index (χ4n) is 2.53. The molecule has 1 fully saturated rings. The molecule has 0 bridgehead atoms. The summed E-state index contributed by atoms with van der Waals surface area (Å²) in [5, 5.41) is 42.7. The van der Waals surface area contributed by atoms with Gasteiger partial charge in [-0.25, -0.2) is 9.97 Å². The van der Waals surface area contributed by atoms with Gasteiger partial charge in [-0.3, -0.25) is 0 Å². The quantitative estimate of drug-likeness (QED) is 0.480. The van der Waals surface area contributed by atoms with Crippen LogP contribution in [0.25, 0.3) is 10.9 Å². The van der Waals surface area contributed by atoms with Crippen molar-refractivity contribution in [1.82, 2.24) is 9.97 Å². The Kier molecular flexibility index (Phi) is 4.19. The topological polar surface area (TPSA) is 128 Å². The van der Waals surface area contributed by atoms with Crippen LogP contribution in [0, 0.1) is 0 Å². The first kappa shape index (κ1) is 15.1. The number of nitrogens with one attached hydrogen (secondary N) is 1. The molecule has 5 atom stereocenters. The maximum Gasteiger partial charge on any atom is 0.178 e. The van der Waals surface area contributed by atoms with Gasteiger partial charge in [0.1, 0.15) is 36.5 Å². The highest BCUT2D eigenvalue weighted by molar-refractivity contribution is 5.88. The van der Waals surface area contributed by atoms with Crippen LogP contribution in [-0.4, -0.2) is 67.6 Å².